The zero-order chi connectivity index (χ0) is 80.6. The molecule has 4 aromatic carbocycles. The first kappa shape index (κ1) is 81.7. The molecule has 14 rings (SSSR count). The van der Waals surface area contributed by atoms with Crippen molar-refractivity contribution in [3.8, 4) is 11.5 Å². The molecule has 10 heterocycles. The number of hydrogen-bond donors (Lipinski definition) is 12. The number of hydrogen-bond acceptors (Lipinski definition) is 27. The van der Waals surface area contributed by atoms with Crippen molar-refractivity contribution in [3.63, 3.8) is 0 Å². The summed E-state index contributed by atoms with van der Waals surface area (Å²) in [6, 6.07) is 20.5. The minimum Gasteiger partial charge on any atom is -0.484 e. The van der Waals surface area contributed by atoms with Crippen LogP contribution in [0.25, 0.3) is 22.1 Å². The Bertz CT molecular complexity index is 4980. The number of fused-ring (bicyclic) bond motifs is 4. The molecule has 0 bridgehead atoms. The number of Topliss-reactive ketones (excluding diaryl/α,β-unsaturated/α-hetero) is 1. The Morgan fingerprint density at radius 2 is 0.965 bits per heavy atom. The Hall–Kier alpha value is -10.8. The maximum absolute atomic E-state index is 13.3. The summed E-state index contributed by atoms with van der Waals surface area (Å²) >= 11 is 12.4. The second-order valence-electron chi connectivity index (χ2n) is 28.0. The number of aliphatic hydroxyl groups excluding tert-OH is 6. The highest BCUT2D eigenvalue weighted by molar-refractivity contribution is 6.32. The average Bonchev–Trinajstić information content (AvgIpc) is 1.62. The fourth-order valence-electron chi connectivity index (χ4n) is 14.7. The predicted octanol–water partition coefficient (Wildman–Crippen LogP) is 4.58. The van der Waals surface area contributed by atoms with E-state index in [-0.39, 0.29) is 94.7 Å². The number of aliphatic carboxylic acids is 1. The summed E-state index contributed by atoms with van der Waals surface area (Å²) in [6.07, 6.45) is 2.57. The Labute approximate surface area is 654 Å². The molecule has 2 unspecified atom stereocenters. The number of aryl methyl sites for hydroxylation is 2. The van der Waals surface area contributed by atoms with E-state index in [1.165, 1.54) is 58.2 Å². The number of nitrogens with one attached hydrogen (secondary N) is 2. The topological polar surface area (TPSA) is 519 Å². The van der Waals surface area contributed by atoms with Gasteiger partial charge in [0.2, 0.25) is 23.6 Å². The Morgan fingerprint density at radius 3 is 1.40 bits per heavy atom. The summed E-state index contributed by atoms with van der Waals surface area (Å²) in [4.78, 5) is 141. The summed E-state index contributed by atoms with van der Waals surface area (Å²) in [6.45, 7) is -0.182. The van der Waals surface area contributed by atoms with E-state index in [9.17, 15) is 78.6 Å². The lowest BCUT2D eigenvalue weighted by atomic mass is 9.97. The molecule has 4 fully saturated rings. The lowest BCUT2D eigenvalue weighted by molar-refractivity contribution is -0.139. The number of ketones is 1. The van der Waals surface area contributed by atoms with Crippen molar-refractivity contribution in [3.05, 3.63) is 165 Å². The van der Waals surface area contributed by atoms with Crippen LogP contribution in [0, 0.1) is 0 Å². The number of ether oxygens (including phenoxy) is 4. The number of carbonyl (C=O) groups is 10. The van der Waals surface area contributed by atoms with Gasteiger partial charge in [0.25, 0.3) is 23.6 Å². The van der Waals surface area contributed by atoms with Crippen LogP contribution in [-0.2, 0) is 51.1 Å². The van der Waals surface area contributed by atoms with Gasteiger partial charge in [-0.2, -0.15) is 0 Å². The largest absolute Gasteiger partial charge is 0.484 e. The van der Waals surface area contributed by atoms with Gasteiger partial charge in [-0.05, 0) is 129 Å². The fraction of sp³-hybridized carbons (Fsp3) is 0.403. The van der Waals surface area contributed by atoms with Gasteiger partial charge in [-0.15, -0.1) is 0 Å². The van der Waals surface area contributed by atoms with Crippen molar-refractivity contribution in [1.82, 2.24) is 49.5 Å². The van der Waals surface area contributed by atoms with Gasteiger partial charge in [0.15, 0.2) is 24.8 Å². The number of nitrogens with two attached hydrogens (primary N) is 3. The highest BCUT2D eigenvalue weighted by Crippen LogP contribution is 2.43. The van der Waals surface area contributed by atoms with Gasteiger partial charge in [-0.25, -0.2) is 24.7 Å². The normalized spacial score (nSPS) is 22.5. The molecule has 113 heavy (non-hydrogen) atoms. The highest BCUT2D eigenvalue weighted by atomic mass is 35.5. The first-order chi connectivity index (χ1) is 54.3. The van der Waals surface area contributed by atoms with Crippen LogP contribution in [0.4, 0.5) is 11.6 Å². The molecule has 34 nitrogen and oxygen atoms in total. The van der Waals surface area contributed by atoms with Gasteiger partial charge in [0.1, 0.15) is 115 Å². The monoisotopic (exact) mass is 1600 g/mol. The number of rotatable bonds is 28. The number of nitrogen functional groups attached to an aromatic ring is 2. The summed E-state index contributed by atoms with van der Waals surface area (Å²) in [5.41, 5.74) is 21.5. The number of carboxylic acid groups (broad SMARTS) is 1. The molecule has 8 amide bonds. The van der Waals surface area contributed by atoms with Gasteiger partial charge < -0.3 is 81.0 Å². The number of amides is 8. The summed E-state index contributed by atoms with van der Waals surface area (Å²) in [5, 5.41) is 79.5. The number of benzene rings is 4. The van der Waals surface area contributed by atoms with Crippen molar-refractivity contribution in [1.29, 1.82) is 0 Å². The molecule has 0 saturated carbocycles. The van der Waals surface area contributed by atoms with Crippen molar-refractivity contribution in [2.45, 2.75) is 176 Å². The molecular formula is C77H83Cl2N13O21. The van der Waals surface area contributed by atoms with Gasteiger partial charge in [-0.3, -0.25) is 63.6 Å². The first-order valence-electron chi connectivity index (χ1n) is 36.7. The van der Waals surface area contributed by atoms with Crippen LogP contribution in [0.5, 0.6) is 11.5 Å². The molecule has 8 aromatic rings. The zero-order valence-corrected chi connectivity index (χ0v) is 62.2. The third-order valence-electron chi connectivity index (χ3n) is 20.5. The second kappa shape index (κ2) is 35.9. The van der Waals surface area contributed by atoms with Gasteiger partial charge in [-0.1, -0.05) is 91.7 Å². The minimum absolute atomic E-state index is 0.0498. The fourth-order valence-corrected chi connectivity index (χ4v) is 15.0. The molecule has 36 heteroatoms. The van der Waals surface area contributed by atoms with E-state index >= 15 is 0 Å². The minimum atomic E-state index is -1.46. The molecule has 0 radical (unpaired) electrons. The summed E-state index contributed by atoms with van der Waals surface area (Å²) in [5.74, 6) is -4.57. The molecule has 15 N–H and O–H groups in total. The standard InChI is InChI=1S/C39H41ClN6O10.C19H19ClN4O7.C19H23N3O4/c40-25-12-11-21(30(49)33-31(50)32(51)39(56-33)45-16-15-24-34(41)42-19-43-35(24)45)17-27(25)55-18-22(47)9-5-3-1-2-4-7-20-8-6-10-23-29(20)38(54)46(37(23)53)26-13-14-28(48)44-36(26)52;20-10-2-1-8(5-11(10)30-6-12(25)26)13(27)16-14(28)15(29)19(31-16)24-4-3-9-17(21)22-7-23-18(9)24;20-11-4-2-1-3-6-12-7-5-8-13-16(12)19(26)22(18(13)25)14-9-10-15(23)21-17(14)24/h6,8,10-12,15-17,19,26,30-33,39,49-51H,1-5,7,9,13-14,18H2,(H2,41,42,43)(H,44,48,52);1-5,7,13-16,19,27-29H,6H2,(H,25,26)(H2,21,22,23);5,7-8,14H,1-4,6,9-11,20H2,(H,21,23,24)/t26?,30-,31+,32-,33-,39-;13-,14+,15-,16-,19-;/m11./s1. The number of halogens is 2. The van der Waals surface area contributed by atoms with E-state index in [2.05, 4.69) is 30.6 Å². The van der Waals surface area contributed by atoms with Gasteiger partial charge in [0.05, 0.1) is 43.1 Å². The van der Waals surface area contributed by atoms with E-state index in [1.54, 1.807) is 48.8 Å². The Kier molecular flexibility index (Phi) is 26.0. The number of carboxylic acids is 1. The first-order valence-corrected chi connectivity index (χ1v) is 37.5. The third-order valence-corrected chi connectivity index (χ3v) is 21.2. The molecule has 0 spiro atoms. The Morgan fingerprint density at radius 1 is 0.540 bits per heavy atom. The molecule has 6 aliphatic heterocycles. The van der Waals surface area contributed by atoms with Crippen LogP contribution in [-0.4, -0.2) is 202 Å². The lowest BCUT2D eigenvalue weighted by Crippen LogP contribution is -2.54. The molecule has 596 valence electrons. The van der Waals surface area contributed by atoms with Crippen molar-refractivity contribution < 1.29 is 103 Å². The lowest BCUT2D eigenvalue weighted by Gasteiger charge is -2.27. The number of aromatic nitrogens is 6. The SMILES string of the molecule is NCCCCCCc1cccc2c1C(=O)N(C1CCC(=O)NC1=O)C2=O.Nc1ncnc2c1ccn2[C@@H]1O[C@H]([C@H](O)c2ccc(Cl)c(OCC(=O)CCCCCCCc3cccc4c3C(=O)N(C3CCC(=O)NC3=O)C4=O)c2)[C@@H](O)[C@H]1O.Nc1ncnc2c1ccn2[C@@H]1O[C@H]([C@H](O)c2ccc(Cl)c(OCC(=O)O)c2)[C@@H](O)[C@H]1O. The van der Waals surface area contributed by atoms with Crippen LogP contribution in [0.15, 0.2) is 110 Å². The van der Waals surface area contributed by atoms with E-state index in [0.717, 1.165) is 72.3 Å². The summed E-state index contributed by atoms with van der Waals surface area (Å²) < 4.78 is 25.6. The Balaban J connectivity index is 0.000000174. The second-order valence-corrected chi connectivity index (χ2v) is 28.8. The van der Waals surface area contributed by atoms with Gasteiger partial charge in [0, 0.05) is 31.7 Å². The van der Waals surface area contributed by atoms with Gasteiger partial charge >= 0.3 is 5.97 Å². The number of piperidine rings is 2. The number of imide groups is 4. The summed E-state index contributed by atoms with van der Waals surface area (Å²) in [7, 11) is 0. The smallest absolute Gasteiger partial charge is 0.341 e. The molecule has 4 saturated heterocycles. The van der Waals surface area contributed by atoms with E-state index < -0.39 is 127 Å². The number of unbranched alkanes of at least 4 members (excludes halogenated alkanes) is 7. The van der Waals surface area contributed by atoms with Crippen molar-refractivity contribution >= 4 is 116 Å². The third kappa shape index (κ3) is 17.6. The zero-order valence-electron chi connectivity index (χ0n) is 60.7. The van der Waals surface area contributed by atoms with Crippen LogP contribution < -0.4 is 37.3 Å². The maximum Gasteiger partial charge on any atom is 0.341 e. The van der Waals surface area contributed by atoms with Crippen LogP contribution in [0.1, 0.15) is 178 Å². The molecule has 4 aromatic heterocycles. The van der Waals surface area contributed by atoms with Crippen LogP contribution >= 0.6 is 23.2 Å². The van der Waals surface area contributed by atoms with Crippen molar-refractivity contribution in [2.75, 3.05) is 31.2 Å². The molecule has 12 atom stereocenters. The van der Waals surface area contributed by atoms with E-state index in [1.807, 2.05) is 12.1 Å². The predicted molar refractivity (Wildman–Crippen MR) is 401 cm³/mol. The molecular weight excluding hydrogens is 1510 g/mol. The number of anilines is 2. The molecule has 6 aliphatic rings. The maximum atomic E-state index is 13.3. The highest BCUT2D eigenvalue weighted by Gasteiger charge is 2.51. The number of nitrogens with zero attached hydrogens (tertiary/aromatic N) is 8. The van der Waals surface area contributed by atoms with Crippen LogP contribution in [0.3, 0.4) is 0 Å². The number of aliphatic hydroxyl groups is 6. The average molecular weight is 1600 g/mol. The number of carbonyl (C=O) groups excluding carboxylic acids is 9. The van der Waals surface area contributed by atoms with Crippen molar-refractivity contribution in [2.24, 2.45) is 5.73 Å². The molecule has 0 aliphatic carbocycles. The quantitative estimate of drug-likeness (QED) is 0.0236. The van der Waals surface area contributed by atoms with Crippen LogP contribution in [0.2, 0.25) is 10.0 Å². The van der Waals surface area contributed by atoms with E-state index in [0.29, 0.717) is 70.1 Å². The van der Waals surface area contributed by atoms with E-state index in [4.69, 9.17) is 64.5 Å².